The second-order valence-corrected chi connectivity index (χ2v) is 7.12. The SMILES string of the molecule is O=C(NC(C/C=C/c1ccc(Oc2ncccn2)cc1)C(=O)O)c1c(Cl)cccc1Cl. The van der Waals surface area contributed by atoms with Crippen LogP contribution >= 0.6 is 23.2 Å². The topological polar surface area (TPSA) is 101 Å². The van der Waals surface area contributed by atoms with Gasteiger partial charge in [-0.1, -0.05) is 53.6 Å². The largest absolute Gasteiger partial charge is 0.480 e. The van der Waals surface area contributed by atoms with Crippen LogP contribution < -0.4 is 10.1 Å². The van der Waals surface area contributed by atoms with Gasteiger partial charge in [0.2, 0.25) is 0 Å². The summed E-state index contributed by atoms with van der Waals surface area (Å²) in [6, 6.07) is 12.5. The average Bonchev–Trinajstić information content (AvgIpc) is 2.75. The number of aliphatic carboxylic acids is 1. The molecule has 0 aliphatic carbocycles. The van der Waals surface area contributed by atoms with Gasteiger partial charge < -0.3 is 15.2 Å². The van der Waals surface area contributed by atoms with Crippen LogP contribution in [-0.2, 0) is 4.79 Å². The van der Waals surface area contributed by atoms with Crippen molar-refractivity contribution >= 4 is 41.2 Å². The minimum Gasteiger partial charge on any atom is -0.480 e. The molecule has 0 spiro atoms. The number of carbonyl (C=O) groups is 2. The third-order valence-corrected chi connectivity index (χ3v) is 4.74. The van der Waals surface area contributed by atoms with Gasteiger partial charge in [-0.15, -0.1) is 0 Å². The van der Waals surface area contributed by atoms with Crippen molar-refractivity contribution in [1.29, 1.82) is 0 Å². The van der Waals surface area contributed by atoms with E-state index in [-0.39, 0.29) is 28.0 Å². The Morgan fingerprint density at radius 3 is 2.29 bits per heavy atom. The molecule has 0 aliphatic rings. The summed E-state index contributed by atoms with van der Waals surface area (Å²) in [4.78, 5) is 32.0. The molecule has 0 fully saturated rings. The number of carbonyl (C=O) groups excluding carboxylic acids is 1. The molecular weight excluding hydrogens is 441 g/mol. The highest BCUT2D eigenvalue weighted by Gasteiger charge is 2.22. The first-order chi connectivity index (χ1) is 14.9. The van der Waals surface area contributed by atoms with Crippen molar-refractivity contribution in [2.45, 2.75) is 12.5 Å². The molecule has 0 radical (unpaired) electrons. The summed E-state index contributed by atoms with van der Waals surface area (Å²) in [7, 11) is 0. The standard InChI is InChI=1S/C22H17Cl2N3O4/c23-16-5-2-6-17(24)19(16)20(28)27-18(21(29)30)7-1-4-14-8-10-15(11-9-14)31-22-25-12-3-13-26-22/h1-6,8-13,18H,7H2,(H,27,28)(H,29,30)/b4-1+. The fourth-order valence-corrected chi connectivity index (χ4v) is 3.17. The van der Waals surface area contributed by atoms with Crippen molar-refractivity contribution in [3.05, 3.63) is 88.2 Å². The van der Waals surface area contributed by atoms with Crippen molar-refractivity contribution in [3.8, 4) is 11.8 Å². The summed E-state index contributed by atoms with van der Waals surface area (Å²) in [6.07, 6.45) is 6.63. The molecule has 1 aromatic heterocycles. The van der Waals surface area contributed by atoms with E-state index in [1.807, 2.05) is 0 Å². The van der Waals surface area contributed by atoms with Crippen molar-refractivity contribution in [3.63, 3.8) is 0 Å². The number of halogens is 2. The Balaban J connectivity index is 1.61. The van der Waals surface area contributed by atoms with Gasteiger partial charge in [0, 0.05) is 12.4 Å². The van der Waals surface area contributed by atoms with Gasteiger partial charge in [-0.25, -0.2) is 14.8 Å². The Morgan fingerprint density at radius 1 is 1.03 bits per heavy atom. The van der Waals surface area contributed by atoms with Crippen LogP contribution in [0.3, 0.4) is 0 Å². The third kappa shape index (κ3) is 6.28. The van der Waals surface area contributed by atoms with E-state index >= 15 is 0 Å². The first-order valence-corrected chi connectivity index (χ1v) is 9.89. The van der Waals surface area contributed by atoms with Crippen molar-refractivity contribution in [1.82, 2.24) is 15.3 Å². The van der Waals surface area contributed by atoms with Crippen LogP contribution in [-0.4, -0.2) is 33.0 Å². The highest BCUT2D eigenvalue weighted by Crippen LogP contribution is 2.24. The molecule has 0 aliphatic heterocycles. The fourth-order valence-electron chi connectivity index (χ4n) is 2.60. The molecule has 1 amide bonds. The molecule has 3 aromatic rings. The van der Waals surface area contributed by atoms with Crippen LogP contribution in [0.25, 0.3) is 6.08 Å². The zero-order chi connectivity index (χ0) is 22.2. The highest BCUT2D eigenvalue weighted by molar-refractivity contribution is 6.39. The Kier molecular flexibility index (Phi) is 7.59. The van der Waals surface area contributed by atoms with Gasteiger partial charge in [0.1, 0.15) is 11.8 Å². The van der Waals surface area contributed by atoms with Crippen LogP contribution in [0.2, 0.25) is 10.0 Å². The molecule has 3 rings (SSSR count). The number of nitrogens with one attached hydrogen (secondary N) is 1. The van der Waals surface area contributed by atoms with Crippen molar-refractivity contribution in [2.75, 3.05) is 0 Å². The summed E-state index contributed by atoms with van der Waals surface area (Å²) in [5.74, 6) is -1.26. The minimum atomic E-state index is -1.17. The number of nitrogens with zero attached hydrogens (tertiary/aromatic N) is 2. The number of aromatic nitrogens is 2. The molecule has 0 bridgehead atoms. The monoisotopic (exact) mass is 457 g/mol. The van der Waals surface area contributed by atoms with E-state index < -0.39 is 17.9 Å². The summed E-state index contributed by atoms with van der Waals surface area (Å²) < 4.78 is 5.52. The zero-order valence-corrected chi connectivity index (χ0v) is 17.5. The van der Waals surface area contributed by atoms with Crippen molar-refractivity contribution in [2.24, 2.45) is 0 Å². The molecule has 9 heteroatoms. The molecule has 1 atom stereocenters. The van der Waals surface area contributed by atoms with Gasteiger partial charge in [-0.2, -0.15) is 0 Å². The molecule has 0 saturated heterocycles. The van der Waals surface area contributed by atoms with Gasteiger partial charge in [0.15, 0.2) is 0 Å². The van der Waals surface area contributed by atoms with E-state index in [0.29, 0.717) is 5.75 Å². The number of hydrogen-bond donors (Lipinski definition) is 2. The number of hydrogen-bond acceptors (Lipinski definition) is 5. The lowest BCUT2D eigenvalue weighted by atomic mass is 10.1. The van der Waals surface area contributed by atoms with Gasteiger partial charge in [0.25, 0.3) is 5.91 Å². The number of ether oxygens (including phenoxy) is 1. The van der Waals surface area contributed by atoms with Crippen molar-refractivity contribution < 1.29 is 19.4 Å². The lowest BCUT2D eigenvalue weighted by Crippen LogP contribution is -2.40. The molecule has 158 valence electrons. The molecule has 2 aromatic carbocycles. The first kappa shape index (κ1) is 22.3. The number of benzene rings is 2. The lowest BCUT2D eigenvalue weighted by Gasteiger charge is -2.14. The summed E-state index contributed by atoms with van der Waals surface area (Å²) in [5.41, 5.74) is 0.866. The van der Waals surface area contributed by atoms with Crippen LogP contribution in [0.4, 0.5) is 0 Å². The molecule has 31 heavy (non-hydrogen) atoms. The Morgan fingerprint density at radius 2 is 1.68 bits per heavy atom. The lowest BCUT2D eigenvalue weighted by molar-refractivity contribution is -0.139. The van der Waals surface area contributed by atoms with Crippen LogP contribution in [0, 0.1) is 0 Å². The van der Waals surface area contributed by atoms with Crippen LogP contribution in [0.15, 0.2) is 67.0 Å². The zero-order valence-electron chi connectivity index (χ0n) is 16.0. The fraction of sp³-hybridized carbons (Fsp3) is 0.0909. The summed E-state index contributed by atoms with van der Waals surface area (Å²) in [6.45, 7) is 0. The van der Waals surface area contributed by atoms with Gasteiger partial charge in [-0.05, 0) is 42.3 Å². The van der Waals surface area contributed by atoms with E-state index in [9.17, 15) is 14.7 Å². The Labute approximate surface area is 188 Å². The predicted octanol–water partition coefficient (Wildman–Crippen LogP) is 4.86. The second kappa shape index (κ2) is 10.6. The Bertz CT molecular complexity index is 1070. The summed E-state index contributed by atoms with van der Waals surface area (Å²) >= 11 is 12.0. The maximum absolute atomic E-state index is 12.4. The third-order valence-electron chi connectivity index (χ3n) is 4.11. The van der Waals surface area contributed by atoms with E-state index in [1.54, 1.807) is 60.9 Å². The maximum atomic E-state index is 12.4. The van der Waals surface area contributed by atoms with Crippen LogP contribution in [0.1, 0.15) is 22.3 Å². The number of rotatable bonds is 8. The molecule has 1 heterocycles. The normalized spacial score (nSPS) is 11.8. The average molecular weight is 458 g/mol. The minimum absolute atomic E-state index is 0.0408. The second-order valence-electron chi connectivity index (χ2n) is 6.30. The quantitative estimate of drug-likeness (QED) is 0.500. The van der Waals surface area contributed by atoms with Gasteiger partial charge >= 0.3 is 12.0 Å². The number of carboxylic acids is 1. The predicted molar refractivity (Wildman–Crippen MR) is 118 cm³/mol. The molecular formula is C22H17Cl2N3O4. The Hall–Kier alpha value is -3.42. The molecule has 2 N–H and O–H groups in total. The summed E-state index contributed by atoms with van der Waals surface area (Å²) in [5, 5.41) is 12.2. The molecule has 0 saturated carbocycles. The molecule has 1 unspecified atom stereocenters. The first-order valence-electron chi connectivity index (χ1n) is 9.13. The highest BCUT2D eigenvalue weighted by atomic mass is 35.5. The maximum Gasteiger partial charge on any atom is 0.326 e. The molecule has 7 nitrogen and oxygen atoms in total. The van der Waals surface area contributed by atoms with Gasteiger partial charge in [0.05, 0.1) is 15.6 Å². The number of amides is 1. The van der Waals surface area contributed by atoms with E-state index in [0.717, 1.165) is 5.56 Å². The van der Waals surface area contributed by atoms with Gasteiger partial charge in [-0.3, -0.25) is 4.79 Å². The van der Waals surface area contributed by atoms with E-state index in [1.165, 1.54) is 12.1 Å². The smallest absolute Gasteiger partial charge is 0.326 e. The number of carboxylic acid groups (broad SMARTS) is 1. The van der Waals surface area contributed by atoms with E-state index in [4.69, 9.17) is 27.9 Å². The van der Waals surface area contributed by atoms with Crippen LogP contribution in [0.5, 0.6) is 11.8 Å². The van der Waals surface area contributed by atoms with E-state index in [2.05, 4.69) is 15.3 Å².